The first-order valence-electron chi connectivity index (χ1n) is 5.72. The predicted molar refractivity (Wildman–Crippen MR) is 64.4 cm³/mol. The van der Waals surface area contributed by atoms with Crippen LogP contribution >= 0.6 is 0 Å². The monoisotopic (exact) mass is 249 g/mol. The second-order valence-electron chi connectivity index (χ2n) is 4.20. The Bertz CT molecular complexity index is 584. The number of aromatic nitrogens is 3. The molecule has 1 saturated heterocycles. The lowest BCUT2D eigenvalue weighted by atomic mass is 10.3. The number of rotatable bonds is 3. The number of fused-ring (bicyclic) bond motifs is 1. The zero-order valence-electron chi connectivity index (χ0n) is 9.58. The second kappa shape index (κ2) is 4.25. The minimum absolute atomic E-state index is 0.365. The van der Waals surface area contributed by atoms with Crippen LogP contribution < -0.4 is 10.2 Å². The van der Waals surface area contributed by atoms with Crippen LogP contribution in [0.1, 0.15) is 6.42 Å². The summed E-state index contributed by atoms with van der Waals surface area (Å²) in [7, 11) is 0. The molecule has 0 spiro atoms. The SMILES string of the molecule is O=CNc1cnc2ccc(N3CCC(F)C3)nn12. The van der Waals surface area contributed by atoms with Crippen molar-refractivity contribution in [3.63, 3.8) is 0 Å². The molecule has 3 rings (SSSR count). The zero-order chi connectivity index (χ0) is 12.5. The van der Waals surface area contributed by atoms with E-state index in [2.05, 4.69) is 15.4 Å². The van der Waals surface area contributed by atoms with Gasteiger partial charge in [-0.1, -0.05) is 0 Å². The Labute approximate surface area is 102 Å². The van der Waals surface area contributed by atoms with Gasteiger partial charge in [0.2, 0.25) is 6.41 Å². The van der Waals surface area contributed by atoms with E-state index in [1.54, 1.807) is 6.07 Å². The molecule has 1 unspecified atom stereocenters. The van der Waals surface area contributed by atoms with E-state index in [1.165, 1.54) is 10.7 Å². The number of anilines is 2. The van der Waals surface area contributed by atoms with Crippen LogP contribution in [0.5, 0.6) is 0 Å². The van der Waals surface area contributed by atoms with Crippen LogP contribution in [0.2, 0.25) is 0 Å². The lowest BCUT2D eigenvalue weighted by Crippen LogP contribution is -2.22. The van der Waals surface area contributed by atoms with E-state index >= 15 is 0 Å². The Kier molecular flexibility index (Phi) is 2.58. The smallest absolute Gasteiger partial charge is 0.212 e. The summed E-state index contributed by atoms with van der Waals surface area (Å²) in [6.45, 7) is 1.02. The Morgan fingerprint density at radius 1 is 1.50 bits per heavy atom. The van der Waals surface area contributed by atoms with Gasteiger partial charge in [0, 0.05) is 6.54 Å². The summed E-state index contributed by atoms with van der Waals surface area (Å²) >= 11 is 0. The Morgan fingerprint density at radius 3 is 3.11 bits per heavy atom. The minimum Gasteiger partial charge on any atom is -0.352 e. The highest BCUT2D eigenvalue weighted by atomic mass is 19.1. The molecule has 0 aliphatic carbocycles. The number of hydrogen-bond donors (Lipinski definition) is 1. The molecule has 1 amide bonds. The number of carbonyl (C=O) groups excluding carboxylic acids is 1. The highest BCUT2D eigenvalue weighted by molar-refractivity contribution is 5.70. The molecule has 1 atom stereocenters. The van der Waals surface area contributed by atoms with Gasteiger partial charge < -0.3 is 10.2 Å². The van der Waals surface area contributed by atoms with E-state index in [1.807, 2.05) is 11.0 Å². The van der Waals surface area contributed by atoms with Gasteiger partial charge in [-0.15, -0.1) is 5.10 Å². The van der Waals surface area contributed by atoms with Crippen molar-refractivity contribution in [2.24, 2.45) is 0 Å². The van der Waals surface area contributed by atoms with Crippen LogP contribution in [0.3, 0.4) is 0 Å². The summed E-state index contributed by atoms with van der Waals surface area (Å²) in [5.41, 5.74) is 0.638. The average Bonchev–Trinajstić information content (AvgIpc) is 2.96. The summed E-state index contributed by atoms with van der Waals surface area (Å²) in [6, 6.07) is 3.61. The number of hydrogen-bond acceptors (Lipinski definition) is 4. The standard InChI is InChI=1S/C11H12FN5O/c12-8-3-4-16(6-8)10-2-1-9-13-5-11(14-7-18)17(9)15-10/h1-2,5,7-8H,3-4,6H2,(H,14,18). The predicted octanol–water partition coefficient (Wildman–Crippen LogP) is 0.846. The number of alkyl halides is 1. The maximum absolute atomic E-state index is 13.2. The third kappa shape index (κ3) is 1.77. The maximum atomic E-state index is 13.2. The van der Waals surface area contributed by atoms with E-state index in [0.29, 0.717) is 43.2 Å². The van der Waals surface area contributed by atoms with E-state index in [0.717, 1.165) is 0 Å². The third-order valence-electron chi connectivity index (χ3n) is 3.01. The number of halogens is 1. The lowest BCUT2D eigenvalue weighted by molar-refractivity contribution is -0.105. The average molecular weight is 249 g/mol. The van der Waals surface area contributed by atoms with Gasteiger partial charge in [0.1, 0.15) is 12.0 Å². The number of nitrogens with one attached hydrogen (secondary N) is 1. The van der Waals surface area contributed by atoms with Crippen LogP contribution in [0, 0.1) is 0 Å². The van der Waals surface area contributed by atoms with Gasteiger partial charge >= 0.3 is 0 Å². The Morgan fingerprint density at radius 2 is 2.39 bits per heavy atom. The van der Waals surface area contributed by atoms with Gasteiger partial charge in [-0.05, 0) is 18.6 Å². The van der Waals surface area contributed by atoms with Crippen molar-refractivity contribution >= 4 is 23.7 Å². The van der Waals surface area contributed by atoms with Gasteiger partial charge in [0.25, 0.3) is 0 Å². The molecule has 7 heteroatoms. The fourth-order valence-electron chi connectivity index (χ4n) is 2.12. The zero-order valence-corrected chi connectivity index (χ0v) is 9.58. The van der Waals surface area contributed by atoms with Gasteiger partial charge in [0.05, 0.1) is 12.7 Å². The first-order valence-corrected chi connectivity index (χ1v) is 5.72. The molecule has 1 aliphatic rings. The summed E-state index contributed by atoms with van der Waals surface area (Å²) in [5, 5.41) is 6.88. The summed E-state index contributed by atoms with van der Waals surface area (Å²) in [6.07, 6.45) is 1.84. The van der Waals surface area contributed by atoms with E-state index < -0.39 is 6.17 Å². The van der Waals surface area contributed by atoms with Crippen molar-refractivity contribution in [2.45, 2.75) is 12.6 Å². The molecular weight excluding hydrogens is 237 g/mol. The molecule has 3 heterocycles. The fourth-order valence-corrected chi connectivity index (χ4v) is 2.12. The van der Waals surface area contributed by atoms with Crippen molar-refractivity contribution in [3.05, 3.63) is 18.3 Å². The Hall–Kier alpha value is -2.18. The van der Waals surface area contributed by atoms with Gasteiger partial charge in [-0.3, -0.25) is 4.79 Å². The van der Waals surface area contributed by atoms with E-state index in [4.69, 9.17) is 0 Å². The minimum atomic E-state index is -0.794. The van der Waals surface area contributed by atoms with Crippen LogP contribution in [-0.2, 0) is 4.79 Å². The molecule has 0 radical (unpaired) electrons. The maximum Gasteiger partial charge on any atom is 0.212 e. The molecule has 1 aliphatic heterocycles. The van der Waals surface area contributed by atoms with Gasteiger partial charge in [-0.25, -0.2) is 9.37 Å². The van der Waals surface area contributed by atoms with Crippen LogP contribution in [0.15, 0.2) is 18.3 Å². The molecule has 94 valence electrons. The largest absolute Gasteiger partial charge is 0.352 e. The van der Waals surface area contributed by atoms with Crippen molar-refractivity contribution in [2.75, 3.05) is 23.3 Å². The topological polar surface area (TPSA) is 62.5 Å². The molecule has 0 saturated carbocycles. The highest BCUT2D eigenvalue weighted by Crippen LogP contribution is 2.21. The Balaban J connectivity index is 1.98. The van der Waals surface area contributed by atoms with Crippen molar-refractivity contribution < 1.29 is 9.18 Å². The number of carbonyl (C=O) groups is 1. The van der Waals surface area contributed by atoms with Gasteiger partial charge in [0.15, 0.2) is 11.5 Å². The molecule has 18 heavy (non-hydrogen) atoms. The van der Waals surface area contributed by atoms with Crippen molar-refractivity contribution in [1.29, 1.82) is 0 Å². The van der Waals surface area contributed by atoms with Crippen molar-refractivity contribution in [1.82, 2.24) is 14.6 Å². The van der Waals surface area contributed by atoms with Crippen molar-refractivity contribution in [3.8, 4) is 0 Å². The number of nitrogens with zero attached hydrogens (tertiary/aromatic N) is 4. The van der Waals surface area contributed by atoms with E-state index in [-0.39, 0.29) is 0 Å². The molecule has 2 aromatic rings. The highest BCUT2D eigenvalue weighted by Gasteiger charge is 2.23. The number of amides is 1. The second-order valence-corrected chi connectivity index (χ2v) is 4.20. The molecule has 6 nitrogen and oxygen atoms in total. The van der Waals surface area contributed by atoms with E-state index in [9.17, 15) is 9.18 Å². The quantitative estimate of drug-likeness (QED) is 0.819. The number of imidazole rings is 1. The third-order valence-corrected chi connectivity index (χ3v) is 3.01. The lowest BCUT2D eigenvalue weighted by Gasteiger charge is -2.16. The van der Waals surface area contributed by atoms with Gasteiger partial charge in [-0.2, -0.15) is 4.52 Å². The summed E-state index contributed by atoms with van der Waals surface area (Å²) < 4.78 is 14.7. The molecule has 1 fully saturated rings. The summed E-state index contributed by atoms with van der Waals surface area (Å²) in [5.74, 6) is 1.19. The van der Waals surface area contributed by atoms with Crippen LogP contribution in [-0.4, -0.2) is 40.3 Å². The van der Waals surface area contributed by atoms with Crippen LogP contribution in [0.4, 0.5) is 16.0 Å². The molecule has 2 aromatic heterocycles. The fraction of sp³-hybridized carbons (Fsp3) is 0.364. The molecule has 1 N–H and O–H groups in total. The molecule has 0 bridgehead atoms. The first-order chi connectivity index (χ1) is 8.78. The molecular formula is C11H12FN5O. The first kappa shape index (κ1) is 10.9. The normalized spacial score (nSPS) is 19.4. The molecule has 0 aromatic carbocycles. The summed E-state index contributed by atoms with van der Waals surface area (Å²) in [4.78, 5) is 16.5. The van der Waals surface area contributed by atoms with Crippen LogP contribution in [0.25, 0.3) is 5.65 Å².